The fourth-order valence-electron chi connectivity index (χ4n) is 4.03. The number of rotatable bonds is 14. The van der Waals surface area contributed by atoms with Crippen molar-refractivity contribution in [1.82, 2.24) is 0 Å². The standard InChI is InChI=1S/C27H40/c1-24(26-20-14-10-15-21-26)18-12-8-6-4-3-5-7-9-13-19-25(2)27-22-16-11-17-23-27/h10-11,14-17,20-25H,3-9,12-13,18-19H2,1-2H3/t24-,25+. The summed E-state index contributed by atoms with van der Waals surface area (Å²) in [5.74, 6) is 1.42. The summed E-state index contributed by atoms with van der Waals surface area (Å²) in [7, 11) is 0. The summed E-state index contributed by atoms with van der Waals surface area (Å²) in [6, 6.07) is 21.9. The Morgan fingerprint density at radius 2 is 0.741 bits per heavy atom. The fourth-order valence-corrected chi connectivity index (χ4v) is 4.03. The lowest BCUT2D eigenvalue weighted by Crippen LogP contribution is -1.93. The van der Waals surface area contributed by atoms with Gasteiger partial charge in [-0.05, 0) is 35.8 Å². The summed E-state index contributed by atoms with van der Waals surface area (Å²) in [5, 5.41) is 0. The third-order valence-corrected chi connectivity index (χ3v) is 6.01. The van der Waals surface area contributed by atoms with E-state index >= 15 is 0 Å². The van der Waals surface area contributed by atoms with Crippen molar-refractivity contribution in [2.45, 2.75) is 96.3 Å². The van der Waals surface area contributed by atoms with Crippen molar-refractivity contribution < 1.29 is 0 Å². The van der Waals surface area contributed by atoms with Gasteiger partial charge in [0.05, 0.1) is 0 Å². The monoisotopic (exact) mass is 364 g/mol. The van der Waals surface area contributed by atoms with E-state index in [-0.39, 0.29) is 0 Å². The molecule has 0 spiro atoms. The van der Waals surface area contributed by atoms with Gasteiger partial charge in [-0.2, -0.15) is 0 Å². The van der Waals surface area contributed by atoms with Crippen LogP contribution in [0.1, 0.15) is 107 Å². The van der Waals surface area contributed by atoms with E-state index in [0.29, 0.717) is 11.8 Å². The number of unbranched alkanes of at least 4 members (excludes halogenated alkanes) is 8. The maximum Gasteiger partial charge on any atom is -0.0190 e. The van der Waals surface area contributed by atoms with Crippen molar-refractivity contribution in [3.05, 3.63) is 71.8 Å². The Kier molecular flexibility index (Phi) is 10.9. The Labute approximate surface area is 168 Å². The molecule has 0 radical (unpaired) electrons. The van der Waals surface area contributed by atoms with Gasteiger partial charge < -0.3 is 0 Å². The highest BCUT2D eigenvalue weighted by atomic mass is 14.1. The minimum atomic E-state index is 0.712. The zero-order chi connectivity index (χ0) is 19.2. The Bertz CT molecular complexity index is 518. The van der Waals surface area contributed by atoms with E-state index in [2.05, 4.69) is 74.5 Å². The van der Waals surface area contributed by atoms with Gasteiger partial charge >= 0.3 is 0 Å². The molecule has 2 rings (SSSR count). The first-order valence-electron chi connectivity index (χ1n) is 11.4. The molecule has 0 aromatic heterocycles. The third-order valence-electron chi connectivity index (χ3n) is 6.01. The molecule has 0 heteroatoms. The molecule has 0 bridgehead atoms. The molecule has 27 heavy (non-hydrogen) atoms. The van der Waals surface area contributed by atoms with Crippen LogP contribution in [0, 0.1) is 0 Å². The predicted molar refractivity (Wildman–Crippen MR) is 121 cm³/mol. The zero-order valence-electron chi connectivity index (χ0n) is 17.7. The summed E-state index contributed by atoms with van der Waals surface area (Å²) < 4.78 is 0. The molecule has 0 aliphatic heterocycles. The molecule has 0 aliphatic rings. The van der Waals surface area contributed by atoms with E-state index < -0.39 is 0 Å². The van der Waals surface area contributed by atoms with Crippen LogP contribution in [0.4, 0.5) is 0 Å². The van der Waals surface area contributed by atoms with Gasteiger partial charge in [-0.15, -0.1) is 0 Å². The second-order valence-corrected chi connectivity index (χ2v) is 8.38. The first-order chi connectivity index (χ1) is 13.3. The van der Waals surface area contributed by atoms with E-state index in [0.717, 1.165) is 0 Å². The molecule has 0 saturated heterocycles. The van der Waals surface area contributed by atoms with E-state index in [9.17, 15) is 0 Å². The lowest BCUT2D eigenvalue weighted by molar-refractivity contribution is 0.524. The van der Waals surface area contributed by atoms with Crippen LogP contribution in [-0.2, 0) is 0 Å². The van der Waals surface area contributed by atoms with Gasteiger partial charge in [0.25, 0.3) is 0 Å². The predicted octanol–water partition coefficient (Wildman–Crippen LogP) is 8.88. The van der Waals surface area contributed by atoms with Gasteiger partial charge in [0, 0.05) is 0 Å². The highest BCUT2D eigenvalue weighted by molar-refractivity contribution is 5.19. The van der Waals surface area contributed by atoms with Crippen molar-refractivity contribution in [3.8, 4) is 0 Å². The topological polar surface area (TPSA) is 0 Å². The Morgan fingerprint density at radius 3 is 1.07 bits per heavy atom. The van der Waals surface area contributed by atoms with Crippen LogP contribution in [0.15, 0.2) is 60.7 Å². The average Bonchev–Trinajstić information content (AvgIpc) is 2.73. The second-order valence-electron chi connectivity index (χ2n) is 8.38. The fraction of sp³-hybridized carbons (Fsp3) is 0.556. The molecule has 2 aromatic carbocycles. The third kappa shape index (κ3) is 9.27. The minimum absolute atomic E-state index is 0.712. The van der Waals surface area contributed by atoms with Gasteiger partial charge in [-0.3, -0.25) is 0 Å². The molecule has 0 nitrogen and oxygen atoms in total. The molecular formula is C27H40. The maximum atomic E-state index is 2.37. The smallest absolute Gasteiger partial charge is 0.0190 e. The van der Waals surface area contributed by atoms with Crippen LogP contribution in [0.3, 0.4) is 0 Å². The maximum absolute atomic E-state index is 2.37. The van der Waals surface area contributed by atoms with Crippen molar-refractivity contribution in [3.63, 3.8) is 0 Å². The van der Waals surface area contributed by atoms with Crippen molar-refractivity contribution in [2.24, 2.45) is 0 Å². The molecule has 2 atom stereocenters. The molecule has 0 fully saturated rings. The summed E-state index contributed by atoms with van der Waals surface area (Å²) in [6.45, 7) is 4.74. The van der Waals surface area contributed by atoms with Gasteiger partial charge in [0.1, 0.15) is 0 Å². The summed E-state index contributed by atoms with van der Waals surface area (Å²) in [4.78, 5) is 0. The number of hydrogen-bond acceptors (Lipinski definition) is 0. The molecule has 0 saturated carbocycles. The summed E-state index contributed by atoms with van der Waals surface area (Å²) in [6.07, 6.45) is 15.4. The largest absolute Gasteiger partial charge is 0.0622 e. The first kappa shape index (κ1) is 21.7. The van der Waals surface area contributed by atoms with Gasteiger partial charge in [0.2, 0.25) is 0 Å². The molecule has 2 aromatic rings. The van der Waals surface area contributed by atoms with Crippen molar-refractivity contribution in [1.29, 1.82) is 0 Å². The van der Waals surface area contributed by atoms with E-state index in [4.69, 9.17) is 0 Å². The number of hydrogen-bond donors (Lipinski definition) is 0. The molecule has 0 amide bonds. The van der Waals surface area contributed by atoms with Gasteiger partial charge in [-0.1, -0.05) is 132 Å². The Morgan fingerprint density at radius 1 is 0.444 bits per heavy atom. The Balaban J connectivity index is 1.38. The molecular weight excluding hydrogens is 324 g/mol. The van der Waals surface area contributed by atoms with Crippen LogP contribution in [0.2, 0.25) is 0 Å². The van der Waals surface area contributed by atoms with Crippen LogP contribution >= 0.6 is 0 Å². The van der Waals surface area contributed by atoms with Crippen molar-refractivity contribution >= 4 is 0 Å². The molecule has 0 heterocycles. The Hall–Kier alpha value is -1.56. The highest BCUT2D eigenvalue weighted by Gasteiger charge is 2.05. The quantitative estimate of drug-likeness (QED) is 0.293. The van der Waals surface area contributed by atoms with Gasteiger partial charge in [0.15, 0.2) is 0 Å². The minimum Gasteiger partial charge on any atom is -0.0622 e. The normalized spacial score (nSPS) is 13.4. The molecule has 148 valence electrons. The molecule has 0 aliphatic carbocycles. The van der Waals surface area contributed by atoms with E-state index in [1.165, 1.54) is 81.8 Å². The average molecular weight is 365 g/mol. The summed E-state index contributed by atoms with van der Waals surface area (Å²) in [5.41, 5.74) is 3.00. The van der Waals surface area contributed by atoms with Crippen LogP contribution in [0.25, 0.3) is 0 Å². The van der Waals surface area contributed by atoms with E-state index in [1.807, 2.05) is 0 Å². The van der Waals surface area contributed by atoms with E-state index in [1.54, 1.807) is 0 Å². The lowest BCUT2D eigenvalue weighted by Gasteiger charge is -2.12. The van der Waals surface area contributed by atoms with Gasteiger partial charge in [-0.25, -0.2) is 0 Å². The first-order valence-corrected chi connectivity index (χ1v) is 11.4. The van der Waals surface area contributed by atoms with Crippen LogP contribution < -0.4 is 0 Å². The van der Waals surface area contributed by atoms with Crippen molar-refractivity contribution in [2.75, 3.05) is 0 Å². The molecule has 0 unspecified atom stereocenters. The lowest BCUT2D eigenvalue weighted by atomic mass is 9.94. The second kappa shape index (κ2) is 13.6. The molecule has 0 N–H and O–H groups in total. The number of benzene rings is 2. The van der Waals surface area contributed by atoms with Crippen LogP contribution in [-0.4, -0.2) is 0 Å². The highest BCUT2D eigenvalue weighted by Crippen LogP contribution is 2.23. The SMILES string of the molecule is C[C@H](CCCCCCCCCCC[C@H](C)c1ccccc1)c1ccccc1. The van der Waals surface area contributed by atoms with Crippen LogP contribution in [0.5, 0.6) is 0 Å². The summed E-state index contributed by atoms with van der Waals surface area (Å²) >= 11 is 0. The zero-order valence-corrected chi connectivity index (χ0v) is 17.7.